The average molecular weight is 264 g/mol. The summed E-state index contributed by atoms with van der Waals surface area (Å²) in [6.45, 7) is 5.17. The first-order valence-electron chi connectivity index (χ1n) is 6.47. The molecule has 1 aromatic heterocycles. The van der Waals surface area contributed by atoms with Crippen molar-refractivity contribution in [1.29, 1.82) is 0 Å². The molecule has 1 aliphatic rings. The molecule has 0 spiro atoms. The van der Waals surface area contributed by atoms with Crippen molar-refractivity contribution in [3.8, 4) is 0 Å². The maximum Gasteiger partial charge on any atom is 0.135 e. The highest BCUT2D eigenvalue weighted by Crippen LogP contribution is 2.28. The predicted octanol–water partition coefficient (Wildman–Crippen LogP) is 1.86. The van der Waals surface area contributed by atoms with Gasteiger partial charge < -0.3 is 10.6 Å². The van der Waals surface area contributed by atoms with E-state index in [0.717, 1.165) is 31.6 Å². The third-order valence-electron chi connectivity index (χ3n) is 3.35. The first-order valence-corrected chi connectivity index (χ1v) is 6.88. The normalized spacial score (nSPS) is 13.7. The molecular weight excluding hydrogens is 244 g/mol. The molecule has 0 aromatic carbocycles. The van der Waals surface area contributed by atoms with Gasteiger partial charge in [0.15, 0.2) is 0 Å². The average Bonchev–Trinajstić information content (AvgIpc) is 2.77. The molecule has 0 saturated heterocycles. The number of thiocarbonyl (C=S) groups is 1. The van der Waals surface area contributed by atoms with Crippen LogP contribution in [0.25, 0.3) is 0 Å². The van der Waals surface area contributed by atoms with Gasteiger partial charge in [0.2, 0.25) is 0 Å². The van der Waals surface area contributed by atoms with Crippen LogP contribution in [0, 0.1) is 0 Å². The smallest absolute Gasteiger partial charge is 0.135 e. The van der Waals surface area contributed by atoms with E-state index in [1.54, 1.807) is 6.33 Å². The fourth-order valence-electron chi connectivity index (χ4n) is 2.43. The maximum atomic E-state index is 5.60. The number of aromatic nitrogens is 2. The topological polar surface area (TPSA) is 55.0 Å². The van der Waals surface area contributed by atoms with Crippen LogP contribution in [0.15, 0.2) is 6.33 Å². The highest BCUT2D eigenvalue weighted by Gasteiger charge is 2.22. The second-order valence-corrected chi connectivity index (χ2v) is 5.50. The standard InChI is InChI=1S/C13H20N4S/c1-9(2)17(7-6-12(14)18)13-10-4-3-5-11(10)15-8-16-13/h8-9H,3-7H2,1-2H3,(H2,14,18). The number of nitrogens with two attached hydrogens (primary N) is 1. The molecule has 0 bridgehead atoms. The molecular formula is C13H20N4S. The van der Waals surface area contributed by atoms with Crippen LogP contribution in [0.5, 0.6) is 0 Å². The molecule has 18 heavy (non-hydrogen) atoms. The molecule has 0 amide bonds. The van der Waals surface area contributed by atoms with Gasteiger partial charge in [0.25, 0.3) is 0 Å². The van der Waals surface area contributed by atoms with Crippen molar-refractivity contribution >= 4 is 23.0 Å². The molecule has 0 atom stereocenters. The lowest BCUT2D eigenvalue weighted by atomic mass is 10.2. The van der Waals surface area contributed by atoms with Crippen molar-refractivity contribution in [2.45, 2.75) is 45.6 Å². The Hall–Kier alpha value is -1.23. The first kappa shape index (κ1) is 13.2. The van der Waals surface area contributed by atoms with Crippen molar-refractivity contribution in [2.75, 3.05) is 11.4 Å². The summed E-state index contributed by atoms with van der Waals surface area (Å²) in [6.07, 6.45) is 5.75. The van der Waals surface area contributed by atoms with Crippen molar-refractivity contribution in [2.24, 2.45) is 5.73 Å². The van der Waals surface area contributed by atoms with E-state index in [4.69, 9.17) is 18.0 Å². The number of nitrogens with zero attached hydrogens (tertiary/aromatic N) is 3. The van der Waals surface area contributed by atoms with Crippen molar-refractivity contribution in [3.05, 3.63) is 17.6 Å². The van der Waals surface area contributed by atoms with Crippen LogP contribution < -0.4 is 10.6 Å². The summed E-state index contributed by atoms with van der Waals surface area (Å²) in [4.78, 5) is 11.7. The minimum absolute atomic E-state index is 0.388. The van der Waals surface area contributed by atoms with E-state index >= 15 is 0 Å². The molecule has 1 heterocycles. The molecule has 2 rings (SSSR count). The second-order valence-electron chi connectivity index (χ2n) is 4.98. The van der Waals surface area contributed by atoms with E-state index in [2.05, 4.69) is 28.7 Å². The van der Waals surface area contributed by atoms with Gasteiger partial charge in [-0.3, -0.25) is 0 Å². The van der Waals surface area contributed by atoms with Crippen LogP contribution in [-0.2, 0) is 12.8 Å². The Morgan fingerprint density at radius 1 is 1.44 bits per heavy atom. The largest absolute Gasteiger partial charge is 0.393 e. The minimum atomic E-state index is 0.388. The SMILES string of the molecule is CC(C)N(CCC(N)=S)c1ncnc2c1CCC2. The number of fused-ring (bicyclic) bond motifs is 1. The van der Waals surface area contributed by atoms with Crippen molar-refractivity contribution < 1.29 is 0 Å². The molecule has 0 fully saturated rings. The number of rotatable bonds is 5. The molecule has 5 heteroatoms. The Morgan fingerprint density at radius 2 is 2.22 bits per heavy atom. The molecule has 98 valence electrons. The van der Waals surface area contributed by atoms with Gasteiger partial charge in [0.05, 0.1) is 4.99 Å². The van der Waals surface area contributed by atoms with Gasteiger partial charge in [-0.15, -0.1) is 0 Å². The maximum absolute atomic E-state index is 5.60. The molecule has 0 aliphatic heterocycles. The number of hydrogen-bond donors (Lipinski definition) is 1. The van der Waals surface area contributed by atoms with E-state index < -0.39 is 0 Å². The Labute approximate surface area is 114 Å². The van der Waals surface area contributed by atoms with Crippen LogP contribution in [0.3, 0.4) is 0 Å². The quantitative estimate of drug-likeness (QED) is 0.823. The molecule has 2 N–H and O–H groups in total. The van der Waals surface area contributed by atoms with Gasteiger partial charge in [0, 0.05) is 30.3 Å². The fraction of sp³-hybridized carbons (Fsp3) is 0.615. The Morgan fingerprint density at radius 3 is 2.89 bits per heavy atom. The number of aryl methyl sites for hydroxylation is 1. The molecule has 4 nitrogen and oxygen atoms in total. The number of anilines is 1. The van der Waals surface area contributed by atoms with E-state index in [-0.39, 0.29) is 0 Å². The summed E-state index contributed by atoms with van der Waals surface area (Å²) in [5.74, 6) is 1.07. The second kappa shape index (κ2) is 5.61. The summed E-state index contributed by atoms with van der Waals surface area (Å²) in [5.41, 5.74) is 8.13. The lowest BCUT2D eigenvalue weighted by Crippen LogP contribution is -2.35. The van der Waals surface area contributed by atoms with Crippen LogP contribution in [0.2, 0.25) is 0 Å². The van der Waals surface area contributed by atoms with E-state index in [1.165, 1.54) is 17.7 Å². The van der Waals surface area contributed by atoms with Gasteiger partial charge in [-0.25, -0.2) is 9.97 Å². The van der Waals surface area contributed by atoms with E-state index in [0.29, 0.717) is 11.0 Å². The molecule has 0 radical (unpaired) electrons. The first-order chi connectivity index (χ1) is 8.59. The Kier molecular flexibility index (Phi) is 4.11. The summed E-state index contributed by atoms with van der Waals surface area (Å²) < 4.78 is 0. The van der Waals surface area contributed by atoms with Gasteiger partial charge in [0.1, 0.15) is 12.1 Å². The van der Waals surface area contributed by atoms with Crippen LogP contribution in [0.1, 0.15) is 37.9 Å². The molecule has 1 aliphatic carbocycles. The van der Waals surface area contributed by atoms with E-state index in [1.807, 2.05) is 0 Å². The van der Waals surface area contributed by atoms with Crippen molar-refractivity contribution in [1.82, 2.24) is 9.97 Å². The third kappa shape index (κ3) is 2.77. The van der Waals surface area contributed by atoms with Gasteiger partial charge in [-0.1, -0.05) is 12.2 Å². The molecule has 1 aromatic rings. The summed E-state index contributed by atoms with van der Waals surface area (Å²) >= 11 is 4.97. The van der Waals surface area contributed by atoms with Crippen LogP contribution in [0.4, 0.5) is 5.82 Å². The zero-order valence-corrected chi connectivity index (χ0v) is 11.8. The van der Waals surface area contributed by atoms with Gasteiger partial charge >= 0.3 is 0 Å². The highest BCUT2D eigenvalue weighted by molar-refractivity contribution is 7.80. The Balaban J connectivity index is 2.25. The third-order valence-corrected chi connectivity index (χ3v) is 3.55. The van der Waals surface area contributed by atoms with Crippen molar-refractivity contribution in [3.63, 3.8) is 0 Å². The monoisotopic (exact) mass is 264 g/mol. The van der Waals surface area contributed by atoms with Crippen LogP contribution >= 0.6 is 12.2 Å². The van der Waals surface area contributed by atoms with Gasteiger partial charge in [-0.2, -0.15) is 0 Å². The van der Waals surface area contributed by atoms with Crippen LogP contribution in [-0.4, -0.2) is 27.5 Å². The summed E-state index contributed by atoms with van der Waals surface area (Å²) in [7, 11) is 0. The summed E-state index contributed by atoms with van der Waals surface area (Å²) in [5, 5.41) is 0. The van der Waals surface area contributed by atoms with E-state index in [9.17, 15) is 0 Å². The Bertz CT molecular complexity index is 445. The summed E-state index contributed by atoms with van der Waals surface area (Å²) in [6, 6.07) is 0.388. The lowest BCUT2D eigenvalue weighted by Gasteiger charge is -2.29. The van der Waals surface area contributed by atoms with Gasteiger partial charge in [-0.05, 0) is 33.1 Å². The predicted molar refractivity (Wildman–Crippen MR) is 77.9 cm³/mol. The highest BCUT2D eigenvalue weighted by atomic mass is 32.1. The number of hydrogen-bond acceptors (Lipinski definition) is 4. The zero-order valence-electron chi connectivity index (χ0n) is 11.0. The molecule has 0 unspecified atom stereocenters. The zero-order chi connectivity index (χ0) is 13.1. The minimum Gasteiger partial charge on any atom is -0.393 e. The lowest BCUT2D eigenvalue weighted by molar-refractivity contribution is 0.675. The molecule has 0 saturated carbocycles. The fourth-order valence-corrected chi connectivity index (χ4v) is 2.52.